The zero-order valence-corrected chi connectivity index (χ0v) is 17.6. The molecule has 0 spiro atoms. The molecule has 6 nitrogen and oxygen atoms in total. The minimum absolute atomic E-state index is 0.144. The molecule has 1 amide bonds. The summed E-state index contributed by atoms with van der Waals surface area (Å²) in [7, 11) is -1.66. The van der Waals surface area contributed by atoms with Gasteiger partial charge in [-0.2, -0.15) is 4.31 Å². The molecule has 1 fully saturated rings. The summed E-state index contributed by atoms with van der Waals surface area (Å²) >= 11 is 6.13. The minimum atomic E-state index is -3.63. The van der Waals surface area contributed by atoms with Gasteiger partial charge >= 0.3 is 0 Å². The normalized spacial score (nSPS) is 16.1. The SMILES string of the molecule is Cc1ccc(S(=O)(=O)N2CCN(C)CC2)cc1C(=O)NCc1ccccc1Cl. The summed E-state index contributed by atoms with van der Waals surface area (Å²) < 4.78 is 27.4. The van der Waals surface area contributed by atoms with E-state index in [0.717, 1.165) is 5.56 Å². The summed E-state index contributed by atoms with van der Waals surface area (Å²) in [6.07, 6.45) is 0. The summed E-state index contributed by atoms with van der Waals surface area (Å²) in [6.45, 7) is 4.33. The third-order valence-electron chi connectivity index (χ3n) is 4.95. The largest absolute Gasteiger partial charge is 0.348 e. The zero-order valence-electron chi connectivity index (χ0n) is 16.0. The lowest BCUT2D eigenvalue weighted by molar-refractivity contribution is 0.0950. The van der Waals surface area contributed by atoms with Gasteiger partial charge in [-0.25, -0.2) is 8.42 Å². The maximum absolute atomic E-state index is 13.0. The predicted octanol–water partition coefficient (Wildman–Crippen LogP) is 2.51. The molecule has 1 N–H and O–H groups in total. The van der Waals surface area contributed by atoms with E-state index in [1.54, 1.807) is 25.1 Å². The molecular weight excluding hydrogens is 398 g/mol. The molecule has 0 unspecified atom stereocenters. The summed E-state index contributed by atoms with van der Waals surface area (Å²) in [5.74, 6) is -0.326. The number of carbonyl (C=O) groups is 1. The van der Waals surface area contributed by atoms with Crippen molar-refractivity contribution in [2.45, 2.75) is 18.4 Å². The van der Waals surface area contributed by atoms with Gasteiger partial charge < -0.3 is 10.2 Å². The molecule has 2 aromatic carbocycles. The van der Waals surface area contributed by atoms with Crippen LogP contribution in [0.25, 0.3) is 0 Å². The smallest absolute Gasteiger partial charge is 0.251 e. The van der Waals surface area contributed by atoms with Crippen LogP contribution in [-0.4, -0.2) is 56.8 Å². The Balaban J connectivity index is 1.79. The van der Waals surface area contributed by atoms with Gasteiger partial charge in [0.15, 0.2) is 0 Å². The van der Waals surface area contributed by atoms with Gasteiger partial charge in [-0.1, -0.05) is 35.9 Å². The monoisotopic (exact) mass is 421 g/mol. The molecular formula is C20H24ClN3O3S. The number of amides is 1. The number of hydrogen-bond acceptors (Lipinski definition) is 4. The standard InChI is InChI=1S/C20H24ClN3O3S/c1-15-7-8-17(28(26,27)24-11-9-23(2)10-12-24)13-18(15)20(25)22-14-16-5-3-4-6-19(16)21/h3-8,13H,9-12,14H2,1-2H3,(H,22,25). The predicted molar refractivity (Wildman–Crippen MR) is 110 cm³/mol. The van der Waals surface area contributed by atoms with E-state index >= 15 is 0 Å². The number of likely N-dealkylation sites (N-methyl/N-ethyl adjacent to an activating group) is 1. The van der Waals surface area contributed by atoms with Gasteiger partial charge in [-0.15, -0.1) is 0 Å². The van der Waals surface area contributed by atoms with Crippen molar-refractivity contribution < 1.29 is 13.2 Å². The van der Waals surface area contributed by atoms with Crippen LogP contribution in [0.4, 0.5) is 0 Å². The molecule has 2 aromatic rings. The Kier molecular flexibility index (Phi) is 6.40. The molecule has 0 saturated carbocycles. The number of sulfonamides is 1. The van der Waals surface area contributed by atoms with E-state index < -0.39 is 10.0 Å². The van der Waals surface area contributed by atoms with Crippen LogP contribution in [0.2, 0.25) is 5.02 Å². The Morgan fingerprint density at radius 1 is 1.11 bits per heavy atom. The molecule has 1 aliphatic rings. The van der Waals surface area contributed by atoms with Crippen LogP contribution < -0.4 is 5.32 Å². The Morgan fingerprint density at radius 2 is 1.79 bits per heavy atom. The third kappa shape index (κ3) is 4.55. The first-order chi connectivity index (χ1) is 13.3. The second-order valence-electron chi connectivity index (χ2n) is 6.96. The van der Waals surface area contributed by atoms with Crippen molar-refractivity contribution in [3.63, 3.8) is 0 Å². The first-order valence-corrected chi connectivity index (χ1v) is 10.9. The van der Waals surface area contributed by atoms with E-state index in [4.69, 9.17) is 11.6 Å². The maximum atomic E-state index is 13.0. The van der Waals surface area contributed by atoms with Crippen molar-refractivity contribution in [2.24, 2.45) is 0 Å². The zero-order chi connectivity index (χ0) is 20.3. The Labute approximate surface area is 171 Å². The highest BCUT2D eigenvalue weighted by Gasteiger charge is 2.28. The molecule has 1 saturated heterocycles. The van der Waals surface area contributed by atoms with Crippen LogP contribution in [-0.2, 0) is 16.6 Å². The van der Waals surface area contributed by atoms with E-state index in [9.17, 15) is 13.2 Å². The van der Waals surface area contributed by atoms with Crippen LogP contribution in [0.15, 0.2) is 47.4 Å². The van der Waals surface area contributed by atoms with Crippen molar-refractivity contribution >= 4 is 27.5 Å². The quantitative estimate of drug-likeness (QED) is 0.805. The fraction of sp³-hybridized carbons (Fsp3) is 0.350. The van der Waals surface area contributed by atoms with Crippen LogP contribution in [0, 0.1) is 6.92 Å². The van der Waals surface area contributed by atoms with Gasteiger partial charge in [0.2, 0.25) is 10.0 Å². The lowest BCUT2D eigenvalue weighted by atomic mass is 10.1. The number of carbonyl (C=O) groups excluding carboxylic acids is 1. The van der Waals surface area contributed by atoms with Gasteiger partial charge in [0.1, 0.15) is 0 Å². The fourth-order valence-electron chi connectivity index (χ4n) is 3.10. The van der Waals surface area contributed by atoms with E-state index in [1.807, 2.05) is 25.2 Å². The van der Waals surface area contributed by atoms with Crippen molar-refractivity contribution in [3.05, 3.63) is 64.2 Å². The molecule has 150 valence electrons. The van der Waals surface area contributed by atoms with Crippen LogP contribution in [0.3, 0.4) is 0 Å². The van der Waals surface area contributed by atoms with Crippen molar-refractivity contribution in [2.75, 3.05) is 33.2 Å². The number of hydrogen-bond donors (Lipinski definition) is 1. The number of nitrogens with zero attached hydrogens (tertiary/aromatic N) is 2. The van der Waals surface area contributed by atoms with Crippen molar-refractivity contribution in [3.8, 4) is 0 Å². The second kappa shape index (κ2) is 8.61. The Bertz CT molecular complexity index is 970. The van der Waals surface area contributed by atoms with E-state index in [2.05, 4.69) is 10.2 Å². The molecule has 0 bridgehead atoms. The summed E-state index contributed by atoms with van der Waals surface area (Å²) in [5.41, 5.74) is 1.87. The highest BCUT2D eigenvalue weighted by molar-refractivity contribution is 7.89. The average molecular weight is 422 g/mol. The first-order valence-electron chi connectivity index (χ1n) is 9.10. The highest BCUT2D eigenvalue weighted by Crippen LogP contribution is 2.21. The molecule has 0 aromatic heterocycles. The average Bonchev–Trinajstić information content (AvgIpc) is 2.67. The fourth-order valence-corrected chi connectivity index (χ4v) is 4.75. The van der Waals surface area contributed by atoms with E-state index in [-0.39, 0.29) is 17.3 Å². The number of nitrogens with one attached hydrogen (secondary N) is 1. The molecule has 3 rings (SSSR count). The third-order valence-corrected chi connectivity index (χ3v) is 7.21. The van der Waals surface area contributed by atoms with Crippen molar-refractivity contribution in [1.29, 1.82) is 0 Å². The molecule has 1 heterocycles. The van der Waals surface area contributed by atoms with E-state index in [0.29, 0.717) is 42.3 Å². The minimum Gasteiger partial charge on any atom is -0.348 e. The lowest BCUT2D eigenvalue weighted by Crippen LogP contribution is -2.47. The van der Waals surface area contributed by atoms with Gasteiger partial charge in [-0.3, -0.25) is 4.79 Å². The highest BCUT2D eigenvalue weighted by atomic mass is 35.5. The molecule has 1 aliphatic heterocycles. The van der Waals surface area contributed by atoms with Gasteiger partial charge in [0.05, 0.1) is 4.90 Å². The number of piperazine rings is 1. The van der Waals surface area contributed by atoms with Gasteiger partial charge in [0.25, 0.3) is 5.91 Å². The lowest BCUT2D eigenvalue weighted by Gasteiger charge is -2.31. The number of benzene rings is 2. The maximum Gasteiger partial charge on any atom is 0.251 e. The van der Waals surface area contributed by atoms with Crippen LogP contribution in [0.1, 0.15) is 21.5 Å². The second-order valence-corrected chi connectivity index (χ2v) is 9.30. The Morgan fingerprint density at radius 3 is 2.46 bits per heavy atom. The number of rotatable bonds is 5. The number of halogens is 1. The van der Waals surface area contributed by atoms with Gasteiger partial charge in [-0.05, 0) is 43.3 Å². The first kappa shape index (κ1) is 20.8. The molecule has 0 aliphatic carbocycles. The number of aryl methyl sites for hydroxylation is 1. The molecule has 8 heteroatoms. The summed E-state index contributed by atoms with van der Waals surface area (Å²) in [4.78, 5) is 14.9. The molecule has 28 heavy (non-hydrogen) atoms. The van der Waals surface area contributed by atoms with Gasteiger partial charge in [0, 0.05) is 43.3 Å². The summed E-state index contributed by atoms with van der Waals surface area (Å²) in [5, 5.41) is 3.40. The summed E-state index contributed by atoms with van der Waals surface area (Å²) in [6, 6.07) is 12.0. The Hall–Kier alpha value is -1.93. The topological polar surface area (TPSA) is 69.7 Å². The molecule has 0 atom stereocenters. The van der Waals surface area contributed by atoms with Crippen LogP contribution in [0.5, 0.6) is 0 Å². The van der Waals surface area contributed by atoms with Crippen LogP contribution >= 0.6 is 11.6 Å². The van der Waals surface area contributed by atoms with E-state index in [1.165, 1.54) is 10.4 Å². The molecule has 0 radical (unpaired) electrons. The van der Waals surface area contributed by atoms with Crippen molar-refractivity contribution in [1.82, 2.24) is 14.5 Å².